The van der Waals surface area contributed by atoms with Crippen LogP contribution in [0.25, 0.3) is 0 Å². The predicted molar refractivity (Wildman–Crippen MR) is 109 cm³/mol. The Labute approximate surface area is 160 Å². The fraction of sp³-hybridized carbons (Fsp3) is 0.579. The van der Waals surface area contributed by atoms with Gasteiger partial charge in [-0.15, -0.1) is 11.3 Å². The molecule has 0 spiro atoms. The number of nitrogens with zero attached hydrogens (tertiary/aromatic N) is 4. The van der Waals surface area contributed by atoms with Crippen molar-refractivity contribution in [3.05, 3.63) is 40.8 Å². The number of hydrogen-bond acceptors (Lipinski definition) is 4. The lowest BCUT2D eigenvalue weighted by Gasteiger charge is -2.36. The van der Waals surface area contributed by atoms with Crippen molar-refractivity contribution in [3.8, 4) is 0 Å². The minimum absolute atomic E-state index is 0.409. The van der Waals surface area contributed by atoms with Crippen LogP contribution in [0.4, 0.5) is 0 Å². The van der Waals surface area contributed by atoms with Crippen LogP contribution < -0.4 is 10.6 Å². The molecule has 2 N–H and O–H groups in total. The van der Waals surface area contributed by atoms with Crippen LogP contribution in [0.3, 0.4) is 0 Å². The van der Waals surface area contributed by atoms with Crippen molar-refractivity contribution in [1.82, 2.24) is 25.3 Å². The Kier molecular flexibility index (Phi) is 7.08. The van der Waals surface area contributed by atoms with Crippen molar-refractivity contribution in [1.29, 1.82) is 0 Å². The van der Waals surface area contributed by atoms with E-state index >= 15 is 0 Å². The van der Waals surface area contributed by atoms with E-state index in [2.05, 4.69) is 50.1 Å². The summed E-state index contributed by atoms with van der Waals surface area (Å²) >= 11 is 1.85. The second-order valence-corrected chi connectivity index (χ2v) is 7.88. The van der Waals surface area contributed by atoms with Gasteiger partial charge in [-0.2, -0.15) is 5.10 Å². The van der Waals surface area contributed by atoms with E-state index in [1.54, 1.807) is 6.20 Å². The fourth-order valence-electron chi connectivity index (χ4n) is 3.37. The summed E-state index contributed by atoms with van der Waals surface area (Å²) in [5.41, 5.74) is 0. The van der Waals surface area contributed by atoms with Gasteiger partial charge in [-0.05, 0) is 49.4 Å². The van der Waals surface area contributed by atoms with Crippen molar-refractivity contribution in [2.45, 2.75) is 32.4 Å². The standard InChI is InChI=1S/C19H30N6S/c1-16-6-11-24(12-7-16)17(18-5-3-14-26-18)15-22-19(20-2)21-9-13-25-10-4-8-23-25/h3-5,8,10,14,16-17H,6-7,9,11-13,15H2,1-2H3,(H2,20,21,22). The third kappa shape index (κ3) is 5.32. The number of hydrogen-bond donors (Lipinski definition) is 2. The predicted octanol–water partition coefficient (Wildman–Crippen LogP) is 2.58. The van der Waals surface area contributed by atoms with E-state index in [-0.39, 0.29) is 0 Å². The molecule has 0 radical (unpaired) electrons. The number of nitrogens with one attached hydrogen (secondary N) is 2. The van der Waals surface area contributed by atoms with Crippen LogP contribution in [0.2, 0.25) is 0 Å². The number of rotatable bonds is 7. The molecule has 1 unspecified atom stereocenters. The Morgan fingerprint density at radius 1 is 1.35 bits per heavy atom. The van der Waals surface area contributed by atoms with E-state index < -0.39 is 0 Å². The van der Waals surface area contributed by atoms with Gasteiger partial charge < -0.3 is 10.6 Å². The lowest BCUT2D eigenvalue weighted by atomic mass is 9.97. The highest BCUT2D eigenvalue weighted by Gasteiger charge is 2.25. The molecule has 2 aromatic heterocycles. The van der Waals surface area contributed by atoms with Crippen molar-refractivity contribution < 1.29 is 0 Å². The average Bonchev–Trinajstić information content (AvgIpc) is 3.36. The summed E-state index contributed by atoms with van der Waals surface area (Å²) in [6.45, 7) is 7.21. The molecule has 0 aromatic carbocycles. The van der Waals surface area contributed by atoms with Crippen LogP contribution in [-0.2, 0) is 6.54 Å². The highest BCUT2D eigenvalue weighted by Crippen LogP contribution is 2.28. The molecule has 0 saturated carbocycles. The molecule has 3 rings (SSSR count). The minimum atomic E-state index is 0.409. The molecular formula is C19H30N6S. The Morgan fingerprint density at radius 3 is 2.85 bits per heavy atom. The number of piperidine rings is 1. The van der Waals surface area contributed by atoms with Gasteiger partial charge >= 0.3 is 0 Å². The SMILES string of the molecule is CN=C(NCCn1cccn1)NCC(c1cccs1)N1CCC(C)CC1. The Balaban J connectivity index is 1.52. The largest absolute Gasteiger partial charge is 0.355 e. The maximum atomic E-state index is 4.37. The highest BCUT2D eigenvalue weighted by molar-refractivity contribution is 7.10. The maximum absolute atomic E-state index is 4.37. The number of likely N-dealkylation sites (tertiary alicyclic amines) is 1. The van der Waals surface area contributed by atoms with Crippen LogP contribution in [0, 0.1) is 5.92 Å². The first-order chi connectivity index (χ1) is 12.8. The molecule has 1 atom stereocenters. The van der Waals surface area contributed by atoms with Gasteiger partial charge in [-0.3, -0.25) is 14.6 Å². The molecule has 1 aliphatic rings. The van der Waals surface area contributed by atoms with Crippen molar-refractivity contribution in [3.63, 3.8) is 0 Å². The van der Waals surface area contributed by atoms with Gasteiger partial charge in [-0.1, -0.05) is 13.0 Å². The zero-order valence-corrected chi connectivity index (χ0v) is 16.6. The number of thiophene rings is 1. The Bertz CT molecular complexity index is 644. The van der Waals surface area contributed by atoms with Gasteiger partial charge in [0, 0.05) is 37.4 Å². The molecule has 0 amide bonds. The minimum Gasteiger partial charge on any atom is -0.355 e. The van der Waals surface area contributed by atoms with Crippen molar-refractivity contribution in [2.75, 3.05) is 33.2 Å². The van der Waals surface area contributed by atoms with Crippen LogP contribution in [0.1, 0.15) is 30.7 Å². The van der Waals surface area contributed by atoms with E-state index in [0.717, 1.165) is 31.5 Å². The summed E-state index contributed by atoms with van der Waals surface area (Å²) in [5, 5.41) is 13.3. The Morgan fingerprint density at radius 2 is 2.19 bits per heavy atom. The molecule has 26 heavy (non-hydrogen) atoms. The molecule has 0 bridgehead atoms. The first-order valence-electron chi connectivity index (χ1n) is 9.45. The van der Waals surface area contributed by atoms with E-state index in [1.165, 1.54) is 30.8 Å². The molecule has 2 aromatic rings. The number of aliphatic imine (C=N–C) groups is 1. The summed E-state index contributed by atoms with van der Waals surface area (Å²) in [4.78, 5) is 8.42. The molecule has 7 heteroatoms. The quantitative estimate of drug-likeness (QED) is 0.578. The number of guanidine groups is 1. The monoisotopic (exact) mass is 374 g/mol. The van der Waals surface area contributed by atoms with E-state index in [0.29, 0.717) is 6.04 Å². The summed E-state index contributed by atoms with van der Waals surface area (Å²) in [6.07, 6.45) is 6.36. The Hall–Kier alpha value is -1.86. The van der Waals surface area contributed by atoms with Crippen molar-refractivity contribution >= 4 is 17.3 Å². The van der Waals surface area contributed by atoms with E-state index in [4.69, 9.17) is 0 Å². The third-order valence-corrected chi connectivity index (χ3v) is 5.98. The average molecular weight is 375 g/mol. The van der Waals surface area contributed by atoms with Gasteiger partial charge in [0.05, 0.1) is 12.6 Å². The van der Waals surface area contributed by atoms with Gasteiger partial charge in [0.25, 0.3) is 0 Å². The lowest BCUT2D eigenvalue weighted by molar-refractivity contribution is 0.140. The smallest absolute Gasteiger partial charge is 0.191 e. The van der Waals surface area contributed by atoms with Crippen LogP contribution in [-0.4, -0.2) is 53.9 Å². The van der Waals surface area contributed by atoms with Gasteiger partial charge in [-0.25, -0.2) is 0 Å². The summed E-state index contributed by atoms with van der Waals surface area (Å²) < 4.78 is 1.92. The van der Waals surface area contributed by atoms with Gasteiger partial charge in [0.2, 0.25) is 0 Å². The second kappa shape index (κ2) is 9.73. The maximum Gasteiger partial charge on any atom is 0.191 e. The molecule has 1 aliphatic heterocycles. The molecule has 1 saturated heterocycles. The van der Waals surface area contributed by atoms with Gasteiger partial charge in [0.1, 0.15) is 0 Å². The molecule has 0 aliphatic carbocycles. The fourth-order valence-corrected chi connectivity index (χ4v) is 4.23. The second-order valence-electron chi connectivity index (χ2n) is 6.90. The zero-order chi connectivity index (χ0) is 18.2. The normalized spacial score (nSPS) is 18.0. The zero-order valence-electron chi connectivity index (χ0n) is 15.8. The summed E-state index contributed by atoms with van der Waals surface area (Å²) in [7, 11) is 1.83. The van der Waals surface area contributed by atoms with Crippen LogP contribution in [0.15, 0.2) is 41.0 Å². The topological polar surface area (TPSA) is 57.5 Å². The van der Waals surface area contributed by atoms with Crippen molar-refractivity contribution in [2.24, 2.45) is 10.9 Å². The van der Waals surface area contributed by atoms with Crippen LogP contribution >= 0.6 is 11.3 Å². The van der Waals surface area contributed by atoms with Crippen LogP contribution in [0.5, 0.6) is 0 Å². The summed E-state index contributed by atoms with van der Waals surface area (Å²) in [5.74, 6) is 1.70. The first-order valence-corrected chi connectivity index (χ1v) is 10.3. The molecular weight excluding hydrogens is 344 g/mol. The molecule has 6 nitrogen and oxygen atoms in total. The summed E-state index contributed by atoms with van der Waals surface area (Å²) in [6, 6.07) is 6.75. The number of aromatic nitrogens is 2. The lowest BCUT2D eigenvalue weighted by Crippen LogP contribution is -2.45. The van der Waals surface area contributed by atoms with E-state index in [1.807, 2.05) is 35.3 Å². The van der Waals surface area contributed by atoms with E-state index in [9.17, 15) is 0 Å². The molecule has 3 heterocycles. The van der Waals surface area contributed by atoms with Gasteiger partial charge in [0.15, 0.2) is 5.96 Å². The third-order valence-electron chi connectivity index (χ3n) is 5.01. The molecule has 1 fully saturated rings. The first kappa shape index (κ1) is 18.9. The molecule has 142 valence electrons. The highest BCUT2D eigenvalue weighted by atomic mass is 32.1.